The molecule has 0 saturated heterocycles. The SMILES string of the molecule is CCC(=O)NCCc1nc(-c2ccc(F)cc2)oc1C. The van der Waals surface area contributed by atoms with Gasteiger partial charge in [-0.15, -0.1) is 0 Å². The molecule has 0 saturated carbocycles. The van der Waals surface area contributed by atoms with Crippen LogP contribution in [0.4, 0.5) is 4.39 Å². The molecule has 0 bridgehead atoms. The van der Waals surface area contributed by atoms with E-state index < -0.39 is 0 Å². The number of nitrogens with zero attached hydrogens (tertiary/aromatic N) is 1. The van der Waals surface area contributed by atoms with Crippen LogP contribution in [0.3, 0.4) is 0 Å². The van der Waals surface area contributed by atoms with Gasteiger partial charge in [0.2, 0.25) is 11.8 Å². The number of aromatic nitrogens is 1. The third-order valence-electron chi connectivity index (χ3n) is 2.99. The van der Waals surface area contributed by atoms with Crippen molar-refractivity contribution in [2.75, 3.05) is 6.54 Å². The fraction of sp³-hybridized carbons (Fsp3) is 0.333. The molecule has 1 aromatic carbocycles. The Hall–Kier alpha value is -2.17. The van der Waals surface area contributed by atoms with Crippen LogP contribution in [0.5, 0.6) is 0 Å². The normalized spacial score (nSPS) is 10.6. The van der Waals surface area contributed by atoms with E-state index in [1.54, 1.807) is 12.1 Å². The topological polar surface area (TPSA) is 55.1 Å². The van der Waals surface area contributed by atoms with Crippen LogP contribution in [-0.4, -0.2) is 17.4 Å². The summed E-state index contributed by atoms with van der Waals surface area (Å²) in [6.45, 7) is 4.17. The van der Waals surface area contributed by atoms with Crippen molar-refractivity contribution in [3.05, 3.63) is 41.5 Å². The van der Waals surface area contributed by atoms with Crippen molar-refractivity contribution >= 4 is 5.91 Å². The van der Waals surface area contributed by atoms with Crippen molar-refractivity contribution < 1.29 is 13.6 Å². The minimum absolute atomic E-state index is 0.0184. The smallest absolute Gasteiger partial charge is 0.226 e. The third-order valence-corrected chi connectivity index (χ3v) is 2.99. The number of aryl methyl sites for hydroxylation is 1. The van der Waals surface area contributed by atoms with E-state index in [2.05, 4.69) is 10.3 Å². The average molecular weight is 276 g/mol. The van der Waals surface area contributed by atoms with Crippen LogP contribution in [0.2, 0.25) is 0 Å². The van der Waals surface area contributed by atoms with Crippen molar-refractivity contribution in [3.8, 4) is 11.5 Å². The molecular formula is C15H17FN2O2. The summed E-state index contributed by atoms with van der Waals surface area (Å²) in [4.78, 5) is 15.5. The first-order valence-corrected chi connectivity index (χ1v) is 6.59. The lowest BCUT2D eigenvalue weighted by atomic mass is 10.2. The summed E-state index contributed by atoms with van der Waals surface area (Å²) in [6.07, 6.45) is 1.08. The largest absolute Gasteiger partial charge is 0.441 e. The lowest BCUT2D eigenvalue weighted by Crippen LogP contribution is -2.24. The molecule has 0 aliphatic carbocycles. The Kier molecular flexibility index (Phi) is 4.50. The Bertz CT molecular complexity index is 590. The first-order valence-electron chi connectivity index (χ1n) is 6.59. The highest BCUT2D eigenvalue weighted by atomic mass is 19.1. The van der Waals surface area contributed by atoms with Gasteiger partial charge in [-0.25, -0.2) is 9.37 Å². The van der Waals surface area contributed by atoms with Gasteiger partial charge < -0.3 is 9.73 Å². The lowest BCUT2D eigenvalue weighted by molar-refractivity contribution is -0.120. The Morgan fingerprint density at radius 2 is 2.05 bits per heavy atom. The van der Waals surface area contributed by atoms with Gasteiger partial charge in [-0.1, -0.05) is 6.92 Å². The van der Waals surface area contributed by atoms with E-state index in [0.717, 1.165) is 17.0 Å². The second kappa shape index (κ2) is 6.32. The fourth-order valence-corrected chi connectivity index (χ4v) is 1.82. The molecule has 0 atom stereocenters. The zero-order valence-corrected chi connectivity index (χ0v) is 11.6. The molecule has 1 heterocycles. The minimum Gasteiger partial charge on any atom is -0.441 e. The van der Waals surface area contributed by atoms with Gasteiger partial charge in [0.25, 0.3) is 0 Å². The first kappa shape index (κ1) is 14.2. The second-order valence-electron chi connectivity index (χ2n) is 4.48. The predicted octanol–water partition coefficient (Wildman–Crippen LogP) is 2.86. The minimum atomic E-state index is -0.292. The van der Waals surface area contributed by atoms with Gasteiger partial charge in [-0.05, 0) is 31.2 Å². The van der Waals surface area contributed by atoms with Gasteiger partial charge >= 0.3 is 0 Å². The molecule has 0 radical (unpaired) electrons. The highest BCUT2D eigenvalue weighted by Gasteiger charge is 2.11. The van der Waals surface area contributed by atoms with E-state index in [0.29, 0.717) is 25.3 Å². The molecule has 5 heteroatoms. The molecule has 4 nitrogen and oxygen atoms in total. The Balaban J connectivity index is 2.05. The molecule has 0 spiro atoms. The maximum atomic E-state index is 12.9. The molecule has 1 N–H and O–H groups in total. The van der Waals surface area contributed by atoms with Gasteiger partial charge in [-0.3, -0.25) is 4.79 Å². The Labute approximate surface area is 117 Å². The molecule has 2 rings (SSSR count). The molecule has 1 aromatic heterocycles. The highest BCUT2D eigenvalue weighted by molar-refractivity contribution is 5.75. The molecule has 2 aromatic rings. The van der Waals surface area contributed by atoms with E-state index in [1.165, 1.54) is 12.1 Å². The summed E-state index contributed by atoms with van der Waals surface area (Å²) in [5.41, 5.74) is 1.54. The number of hydrogen-bond acceptors (Lipinski definition) is 3. The molecule has 106 valence electrons. The van der Waals surface area contributed by atoms with Crippen LogP contribution in [0, 0.1) is 12.7 Å². The molecular weight excluding hydrogens is 259 g/mol. The zero-order valence-electron chi connectivity index (χ0n) is 11.6. The highest BCUT2D eigenvalue weighted by Crippen LogP contribution is 2.22. The lowest BCUT2D eigenvalue weighted by Gasteiger charge is -2.00. The Morgan fingerprint density at radius 1 is 1.35 bits per heavy atom. The van der Waals surface area contributed by atoms with Crippen molar-refractivity contribution in [2.45, 2.75) is 26.7 Å². The van der Waals surface area contributed by atoms with Crippen molar-refractivity contribution in [1.29, 1.82) is 0 Å². The maximum absolute atomic E-state index is 12.9. The van der Waals surface area contributed by atoms with E-state index in [1.807, 2.05) is 13.8 Å². The molecule has 0 fully saturated rings. The molecule has 20 heavy (non-hydrogen) atoms. The molecule has 0 unspecified atom stereocenters. The summed E-state index contributed by atoms with van der Waals surface area (Å²) in [6, 6.07) is 6.00. The van der Waals surface area contributed by atoms with Crippen LogP contribution in [0.15, 0.2) is 28.7 Å². The van der Waals surface area contributed by atoms with Crippen LogP contribution in [-0.2, 0) is 11.2 Å². The van der Waals surface area contributed by atoms with Crippen molar-refractivity contribution in [2.24, 2.45) is 0 Å². The average Bonchev–Trinajstić information content (AvgIpc) is 2.81. The van der Waals surface area contributed by atoms with Gasteiger partial charge in [0.1, 0.15) is 11.6 Å². The quantitative estimate of drug-likeness (QED) is 0.913. The number of carbonyl (C=O) groups excluding carboxylic acids is 1. The number of benzene rings is 1. The second-order valence-corrected chi connectivity index (χ2v) is 4.48. The maximum Gasteiger partial charge on any atom is 0.226 e. The number of halogens is 1. The number of oxazole rings is 1. The monoisotopic (exact) mass is 276 g/mol. The first-order chi connectivity index (χ1) is 9.60. The van der Waals surface area contributed by atoms with Gasteiger partial charge in [-0.2, -0.15) is 0 Å². The van der Waals surface area contributed by atoms with Crippen LogP contribution in [0.1, 0.15) is 24.8 Å². The summed E-state index contributed by atoms with van der Waals surface area (Å²) >= 11 is 0. The Morgan fingerprint density at radius 3 is 2.70 bits per heavy atom. The summed E-state index contributed by atoms with van der Waals surface area (Å²) < 4.78 is 18.4. The molecule has 0 aliphatic heterocycles. The number of carbonyl (C=O) groups is 1. The number of nitrogens with one attached hydrogen (secondary N) is 1. The number of hydrogen-bond donors (Lipinski definition) is 1. The van der Waals surface area contributed by atoms with Crippen LogP contribution >= 0.6 is 0 Å². The van der Waals surface area contributed by atoms with Crippen molar-refractivity contribution in [1.82, 2.24) is 10.3 Å². The van der Waals surface area contributed by atoms with Gasteiger partial charge in [0.05, 0.1) is 5.69 Å². The number of amides is 1. The van der Waals surface area contributed by atoms with E-state index >= 15 is 0 Å². The third kappa shape index (κ3) is 3.44. The molecule has 0 aliphatic rings. The summed E-state index contributed by atoms with van der Waals surface area (Å²) in [5, 5.41) is 2.79. The van der Waals surface area contributed by atoms with E-state index in [9.17, 15) is 9.18 Å². The van der Waals surface area contributed by atoms with E-state index in [4.69, 9.17) is 4.42 Å². The van der Waals surface area contributed by atoms with Gasteiger partial charge in [0.15, 0.2) is 0 Å². The van der Waals surface area contributed by atoms with E-state index in [-0.39, 0.29) is 11.7 Å². The number of rotatable bonds is 5. The standard InChI is InChI=1S/C15H17FN2O2/c1-3-14(19)17-9-8-13-10(2)20-15(18-13)11-4-6-12(16)7-5-11/h4-7H,3,8-9H2,1-2H3,(H,17,19). The zero-order chi connectivity index (χ0) is 14.5. The van der Waals surface area contributed by atoms with Crippen LogP contribution in [0.25, 0.3) is 11.5 Å². The summed E-state index contributed by atoms with van der Waals surface area (Å²) in [5.74, 6) is 0.916. The van der Waals surface area contributed by atoms with Crippen molar-refractivity contribution in [3.63, 3.8) is 0 Å². The predicted molar refractivity (Wildman–Crippen MR) is 73.6 cm³/mol. The van der Waals surface area contributed by atoms with Crippen LogP contribution < -0.4 is 5.32 Å². The van der Waals surface area contributed by atoms with Gasteiger partial charge in [0, 0.05) is 24.9 Å². The summed E-state index contributed by atoms with van der Waals surface area (Å²) in [7, 11) is 0. The molecule has 1 amide bonds. The fourth-order valence-electron chi connectivity index (χ4n) is 1.82.